The lowest BCUT2D eigenvalue weighted by atomic mass is 9.84. The van der Waals surface area contributed by atoms with Gasteiger partial charge in [0.25, 0.3) is 5.91 Å². The quantitative estimate of drug-likeness (QED) is 0.928. The minimum atomic E-state index is -0.0834. The van der Waals surface area contributed by atoms with E-state index in [9.17, 15) is 4.79 Å². The summed E-state index contributed by atoms with van der Waals surface area (Å²) in [6, 6.07) is 9.82. The molecule has 3 fully saturated rings. The number of furan rings is 1. The lowest BCUT2D eigenvalue weighted by molar-refractivity contribution is 0.0607. The van der Waals surface area contributed by atoms with Crippen LogP contribution in [-0.2, 0) is 0 Å². The van der Waals surface area contributed by atoms with Crippen LogP contribution in [0.25, 0.3) is 11.0 Å². The third-order valence-electron chi connectivity index (χ3n) is 4.62. The van der Waals surface area contributed by atoms with Gasteiger partial charge in [0.2, 0.25) is 0 Å². The molecule has 2 aromatic rings. The van der Waals surface area contributed by atoms with Crippen LogP contribution in [0.5, 0.6) is 0 Å². The molecule has 1 atom stereocenters. The third-order valence-corrected chi connectivity index (χ3v) is 4.62. The largest absolute Gasteiger partial charge is 0.451 e. The van der Waals surface area contributed by atoms with Gasteiger partial charge in [-0.3, -0.25) is 4.79 Å². The number of nitrogens with one attached hydrogen (secondary N) is 1. The van der Waals surface area contributed by atoms with Crippen molar-refractivity contribution in [2.45, 2.75) is 18.9 Å². The zero-order chi connectivity index (χ0) is 13.5. The van der Waals surface area contributed by atoms with E-state index in [1.165, 1.54) is 25.9 Å². The molecule has 112 valence electrons. The van der Waals surface area contributed by atoms with Crippen LogP contribution in [-0.4, -0.2) is 36.5 Å². The van der Waals surface area contributed by atoms with Crippen LogP contribution in [0.3, 0.4) is 0 Å². The number of para-hydroxylation sites is 1. The van der Waals surface area contributed by atoms with E-state index in [2.05, 4.69) is 10.2 Å². The molecule has 4 nitrogen and oxygen atoms in total. The molecular formula is C16H19ClN2O2. The van der Waals surface area contributed by atoms with Gasteiger partial charge >= 0.3 is 0 Å². The molecule has 1 aromatic heterocycles. The standard InChI is InChI=1S/C16H18N2O2.ClH/c19-16(15-9-12-3-1-2-4-14(12)20-15)17-13-10-18-7-5-11(13)6-8-18;/h1-4,9,11,13H,5-8,10H2,(H,17,19);1H/t13-;/m0./s1. The maximum atomic E-state index is 12.3. The van der Waals surface area contributed by atoms with Gasteiger partial charge in [0.1, 0.15) is 5.58 Å². The Kier molecular flexibility index (Phi) is 3.91. The average Bonchev–Trinajstić information content (AvgIpc) is 2.92. The van der Waals surface area contributed by atoms with Crippen LogP contribution in [0, 0.1) is 5.92 Å². The first kappa shape index (κ1) is 14.4. The predicted octanol–water partition coefficient (Wildman–Crippen LogP) is 2.68. The number of hydrogen-bond acceptors (Lipinski definition) is 3. The van der Waals surface area contributed by atoms with Crippen LogP contribution < -0.4 is 5.32 Å². The van der Waals surface area contributed by atoms with E-state index in [-0.39, 0.29) is 24.4 Å². The Bertz CT molecular complexity index is 614. The molecule has 4 heterocycles. The molecule has 0 unspecified atom stereocenters. The van der Waals surface area contributed by atoms with Crippen molar-refractivity contribution >= 4 is 29.3 Å². The van der Waals surface area contributed by atoms with Gasteiger partial charge in [-0.25, -0.2) is 0 Å². The predicted molar refractivity (Wildman–Crippen MR) is 83.9 cm³/mol. The topological polar surface area (TPSA) is 45.5 Å². The van der Waals surface area contributed by atoms with Crippen molar-refractivity contribution in [3.8, 4) is 0 Å². The maximum absolute atomic E-state index is 12.3. The number of rotatable bonds is 2. The van der Waals surface area contributed by atoms with Crippen molar-refractivity contribution in [1.82, 2.24) is 10.2 Å². The van der Waals surface area contributed by atoms with Crippen molar-refractivity contribution in [1.29, 1.82) is 0 Å². The van der Waals surface area contributed by atoms with Crippen molar-refractivity contribution in [3.05, 3.63) is 36.1 Å². The molecule has 5 rings (SSSR count). The first-order valence-corrected chi connectivity index (χ1v) is 7.31. The summed E-state index contributed by atoms with van der Waals surface area (Å²) in [5, 5.41) is 4.13. The van der Waals surface area contributed by atoms with E-state index in [1.54, 1.807) is 0 Å². The Morgan fingerprint density at radius 2 is 2.00 bits per heavy atom. The molecule has 2 bridgehead atoms. The van der Waals surface area contributed by atoms with Gasteiger partial charge in [0.05, 0.1) is 0 Å². The number of benzene rings is 1. The minimum absolute atomic E-state index is 0. The molecule has 21 heavy (non-hydrogen) atoms. The Labute approximate surface area is 129 Å². The monoisotopic (exact) mass is 306 g/mol. The molecule has 3 saturated heterocycles. The van der Waals surface area contributed by atoms with Gasteiger partial charge in [-0.15, -0.1) is 12.4 Å². The van der Waals surface area contributed by atoms with Gasteiger partial charge in [-0.1, -0.05) is 18.2 Å². The van der Waals surface area contributed by atoms with Gasteiger partial charge < -0.3 is 14.6 Å². The van der Waals surface area contributed by atoms with E-state index >= 15 is 0 Å². The first-order chi connectivity index (χ1) is 9.79. The average molecular weight is 307 g/mol. The Balaban J connectivity index is 0.00000132. The molecule has 0 spiro atoms. The number of nitrogens with zero attached hydrogens (tertiary/aromatic N) is 1. The fourth-order valence-corrected chi connectivity index (χ4v) is 3.46. The molecule has 1 N–H and O–H groups in total. The number of hydrogen-bond donors (Lipinski definition) is 1. The molecule has 5 heteroatoms. The van der Waals surface area contributed by atoms with E-state index in [0.29, 0.717) is 11.7 Å². The van der Waals surface area contributed by atoms with E-state index in [4.69, 9.17) is 4.42 Å². The second-order valence-electron chi connectivity index (χ2n) is 5.87. The Hall–Kier alpha value is -1.52. The third kappa shape index (κ3) is 2.65. The Morgan fingerprint density at radius 1 is 1.24 bits per heavy atom. The second kappa shape index (κ2) is 5.70. The summed E-state index contributed by atoms with van der Waals surface area (Å²) in [5.41, 5.74) is 0.770. The van der Waals surface area contributed by atoms with E-state index in [0.717, 1.165) is 17.5 Å². The normalized spacial score (nSPS) is 27.3. The summed E-state index contributed by atoms with van der Waals surface area (Å²) in [7, 11) is 0. The summed E-state index contributed by atoms with van der Waals surface area (Å²) in [4.78, 5) is 14.8. The Morgan fingerprint density at radius 3 is 2.67 bits per heavy atom. The van der Waals surface area contributed by atoms with Gasteiger partial charge in [-0.2, -0.15) is 0 Å². The van der Waals surface area contributed by atoms with Crippen LogP contribution in [0.2, 0.25) is 0 Å². The molecule has 3 aliphatic heterocycles. The fraction of sp³-hybridized carbons (Fsp3) is 0.438. The van der Waals surface area contributed by atoms with E-state index < -0.39 is 0 Å². The molecule has 0 aliphatic carbocycles. The van der Waals surface area contributed by atoms with Crippen LogP contribution in [0.4, 0.5) is 0 Å². The van der Waals surface area contributed by atoms with Crippen LogP contribution in [0.1, 0.15) is 23.4 Å². The number of piperidine rings is 3. The van der Waals surface area contributed by atoms with Gasteiger partial charge in [-0.05, 0) is 44.0 Å². The second-order valence-corrected chi connectivity index (χ2v) is 5.87. The summed E-state index contributed by atoms with van der Waals surface area (Å²) in [5.74, 6) is 0.968. The highest BCUT2D eigenvalue weighted by molar-refractivity contribution is 5.96. The highest BCUT2D eigenvalue weighted by atomic mass is 35.5. The van der Waals surface area contributed by atoms with E-state index in [1.807, 2.05) is 30.3 Å². The molecule has 0 saturated carbocycles. The lowest BCUT2D eigenvalue weighted by Crippen LogP contribution is -2.57. The smallest absolute Gasteiger partial charge is 0.287 e. The number of carbonyl (C=O) groups excluding carboxylic acids is 1. The maximum Gasteiger partial charge on any atom is 0.287 e. The zero-order valence-corrected chi connectivity index (χ0v) is 12.6. The first-order valence-electron chi connectivity index (χ1n) is 7.31. The summed E-state index contributed by atoms with van der Waals surface area (Å²) in [6.07, 6.45) is 2.40. The number of amides is 1. The SMILES string of the molecule is Cl.O=C(N[C@H]1CN2CCC1CC2)c1cc2ccccc2o1. The summed E-state index contributed by atoms with van der Waals surface area (Å²) < 4.78 is 5.63. The number of fused-ring (bicyclic) bond motifs is 4. The van der Waals surface area contributed by atoms with Gasteiger partial charge in [0.15, 0.2) is 5.76 Å². The summed E-state index contributed by atoms with van der Waals surface area (Å²) >= 11 is 0. The lowest BCUT2D eigenvalue weighted by Gasteiger charge is -2.44. The van der Waals surface area contributed by atoms with Crippen LogP contribution >= 0.6 is 12.4 Å². The molecular weight excluding hydrogens is 288 g/mol. The molecule has 1 aromatic carbocycles. The van der Waals surface area contributed by atoms with Crippen molar-refractivity contribution < 1.29 is 9.21 Å². The van der Waals surface area contributed by atoms with Crippen molar-refractivity contribution in [2.75, 3.05) is 19.6 Å². The highest BCUT2D eigenvalue weighted by Crippen LogP contribution is 2.28. The van der Waals surface area contributed by atoms with Gasteiger partial charge in [0, 0.05) is 18.0 Å². The minimum Gasteiger partial charge on any atom is -0.451 e. The van der Waals surface area contributed by atoms with Crippen molar-refractivity contribution in [2.24, 2.45) is 5.92 Å². The van der Waals surface area contributed by atoms with Crippen molar-refractivity contribution in [3.63, 3.8) is 0 Å². The summed E-state index contributed by atoms with van der Waals surface area (Å²) in [6.45, 7) is 3.35. The molecule has 1 amide bonds. The fourth-order valence-electron chi connectivity index (χ4n) is 3.46. The van der Waals surface area contributed by atoms with Crippen LogP contribution in [0.15, 0.2) is 34.7 Å². The highest BCUT2D eigenvalue weighted by Gasteiger charge is 2.35. The number of halogens is 1. The zero-order valence-electron chi connectivity index (χ0n) is 11.7. The molecule has 0 radical (unpaired) electrons. The number of carbonyl (C=O) groups is 1. The molecule has 3 aliphatic rings.